The van der Waals surface area contributed by atoms with Gasteiger partial charge >= 0.3 is 6.41 Å². The van der Waals surface area contributed by atoms with Crippen LogP contribution >= 0.6 is 11.8 Å². The summed E-state index contributed by atoms with van der Waals surface area (Å²) in [5, 5.41) is 4.25. The Balaban J connectivity index is 2.64. The van der Waals surface area contributed by atoms with Gasteiger partial charge in [0, 0.05) is 6.07 Å². The van der Waals surface area contributed by atoms with Crippen LogP contribution in [0.2, 0.25) is 0 Å². The first kappa shape index (κ1) is 9.23. The van der Waals surface area contributed by atoms with Crippen molar-refractivity contribution in [3.8, 4) is 0 Å². The SMILES string of the molecule is C[N+]1(C=O)C(=NN)Sc2ccccc21. The van der Waals surface area contributed by atoms with Gasteiger partial charge in [-0.15, -0.1) is 5.10 Å². The Bertz CT molecular complexity index is 418. The number of carbonyl (C=O) groups is 1. The number of amides is 1. The number of nitrogens with two attached hydrogens (primary N) is 1. The van der Waals surface area contributed by atoms with Gasteiger partial charge in [-0.3, -0.25) is 0 Å². The molecule has 2 N–H and O–H groups in total. The zero-order valence-electron chi connectivity index (χ0n) is 7.68. The summed E-state index contributed by atoms with van der Waals surface area (Å²) in [5.41, 5.74) is 0.928. The molecule has 1 atom stereocenters. The Labute approximate surface area is 86.0 Å². The predicted molar refractivity (Wildman–Crippen MR) is 57.7 cm³/mol. The number of hydrogen-bond donors (Lipinski definition) is 1. The molecule has 0 fully saturated rings. The van der Waals surface area contributed by atoms with Gasteiger partial charge in [0.05, 0.1) is 11.9 Å². The third kappa shape index (κ3) is 1.06. The molecule has 0 aromatic heterocycles. The standard InChI is InChI=1S/C9H10N3OS/c1-12(6-13)7-4-2-3-5-8(7)14-9(12)11-10/h2-6H,10H2,1H3/q+1. The molecule has 14 heavy (non-hydrogen) atoms. The van der Waals surface area contributed by atoms with Gasteiger partial charge in [-0.05, 0) is 17.8 Å². The van der Waals surface area contributed by atoms with E-state index in [0.29, 0.717) is 5.17 Å². The number of fused-ring (bicyclic) bond motifs is 1. The van der Waals surface area contributed by atoms with Crippen molar-refractivity contribution < 1.29 is 4.79 Å². The highest BCUT2D eigenvalue weighted by Gasteiger charge is 2.42. The molecule has 1 heterocycles. The summed E-state index contributed by atoms with van der Waals surface area (Å²) >= 11 is 1.43. The monoisotopic (exact) mass is 208 g/mol. The quantitative estimate of drug-likeness (QED) is 0.325. The van der Waals surface area contributed by atoms with Crippen LogP contribution in [-0.2, 0) is 4.79 Å². The Morgan fingerprint density at radius 1 is 1.50 bits per heavy atom. The molecule has 1 amide bonds. The van der Waals surface area contributed by atoms with Crippen LogP contribution in [0.5, 0.6) is 0 Å². The molecular formula is C9H10N3OS+. The topological polar surface area (TPSA) is 55.5 Å². The molecule has 0 aliphatic carbocycles. The van der Waals surface area contributed by atoms with Crippen LogP contribution in [0, 0.1) is 0 Å². The fourth-order valence-electron chi connectivity index (χ4n) is 1.47. The summed E-state index contributed by atoms with van der Waals surface area (Å²) in [7, 11) is 1.78. The number of hydrogen-bond acceptors (Lipinski definition) is 4. The highest BCUT2D eigenvalue weighted by molar-refractivity contribution is 8.14. The summed E-state index contributed by atoms with van der Waals surface area (Å²) in [6, 6.07) is 7.70. The minimum Gasteiger partial charge on any atom is -0.317 e. The normalized spacial score (nSPS) is 27.6. The number of benzene rings is 1. The molecule has 72 valence electrons. The molecule has 2 rings (SSSR count). The minimum atomic E-state index is 0.0390. The van der Waals surface area contributed by atoms with Gasteiger partial charge in [-0.25, -0.2) is 4.79 Å². The fourth-order valence-corrected chi connectivity index (χ4v) is 2.56. The molecule has 4 nitrogen and oxygen atoms in total. The fraction of sp³-hybridized carbons (Fsp3) is 0.111. The summed E-state index contributed by atoms with van der Waals surface area (Å²) in [6.07, 6.45) is 0.838. The number of rotatable bonds is 1. The summed E-state index contributed by atoms with van der Waals surface area (Å²) in [4.78, 5) is 12.1. The second-order valence-corrected chi connectivity index (χ2v) is 4.17. The summed E-state index contributed by atoms with van der Waals surface area (Å²) in [5.74, 6) is 5.26. The maximum absolute atomic E-state index is 11.1. The molecule has 0 spiro atoms. The van der Waals surface area contributed by atoms with E-state index >= 15 is 0 Å². The highest BCUT2D eigenvalue weighted by Crippen LogP contribution is 2.42. The first-order valence-corrected chi connectivity index (χ1v) is 4.92. The lowest BCUT2D eigenvalue weighted by Gasteiger charge is -2.18. The van der Waals surface area contributed by atoms with E-state index in [2.05, 4.69) is 5.10 Å². The average Bonchev–Trinajstić information content (AvgIpc) is 2.53. The molecule has 0 saturated heterocycles. The van der Waals surface area contributed by atoms with Gasteiger partial charge in [-0.1, -0.05) is 12.1 Å². The van der Waals surface area contributed by atoms with E-state index in [1.807, 2.05) is 24.3 Å². The van der Waals surface area contributed by atoms with E-state index in [9.17, 15) is 4.79 Å². The number of thioether (sulfide) groups is 1. The number of nitrogens with zero attached hydrogens (tertiary/aromatic N) is 2. The van der Waals surface area contributed by atoms with Crippen molar-refractivity contribution in [1.29, 1.82) is 0 Å². The van der Waals surface area contributed by atoms with Crippen LogP contribution < -0.4 is 10.3 Å². The highest BCUT2D eigenvalue weighted by atomic mass is 32.2. The molecule has 0 saturated carbocycles. The Morgan fingerprint density at radius 3 is 2.86 bits per heavy atom. The smallest absolute Gasteiger partial charge is 0.313 e. The molecule has 1 aliphatic rings. The van der Waals surface area contributed by atoms with E-state index in [1.54, 1.807) is 7.05 Å². The van der Waals surface area contributed by atoms with Crippen molar-refractivity contribution in [1.82, 2.24) is 4.48 Å². The van der Waals surface area contributed by atoms with Crippen molar-refractivity contribution in [3.05, 3.63) is 24.3 Å². The Morgan fingerprint density at radius 2 is 2.21 bits per heavy atom. The predicted octanol–water partition coefficient (Wildman–Crippen LogP) is 1.12. The first-order chi connectivity index (χ1) is 6.72. The van der Waals surface area contributed by atoms with Gasteiger partial charge in [0.1, 0.15) is 0 Å². The van der Waals surface area contributed by atoms with Crippen LogP contribution in [0.1, 0.15) is 0 Å². The lowest BCUT2D eigenvalue weighted by molar-refractivity contribution is -0.113. The number of hydrazone groups is 1. The number of quaternary nitrogens is 1. The summed E-state index contributed by atoms with van der Waals surface area (Å²) in [6.45, 7) is 0. The number of para-hydroxylation sites is 1. The molecule has 1 aromatic carbocycles. The van der Waals surface area contributed by atoms with Crippen molar-refractivity contribution in [2.45, 2.75) is 4.90 Å². The van der Waals surface area contributed by atoms with E-state index in [4.69, 9.17) is 5.84 Å². The van der Waals surface area contributed by atoms with E-state index in [0.717, 1.165) is 17.0 Å². The second kappa shape index (κ2) is 3.11. The molecule has 5 heteroatoms. The lowest BCUT2D eigenvalue weighted by Crippen LogP contribution is -2.45. The third-order valence-electron chi connectivity index (χ3n) is 2.29. The zero-order valence-corrected chi connectivity index (χ0v) is 8.49. The van der Waals surface area contributed by atoms with E-state index in [1.165, 1.54) is 11.8 Å². The average molecular weight is 208 g/mol. The molecular weight excluding hydrogens is 198 g/mol. The van der Waals surface area contributed by atoms with E-state index in [-0.39, 0.29) is 4.48 Å². The van der Waals surface area contributed by atoms with Crippen LogP contribution in [0.4, 0.5) is 5.69 Å². The van der Waals surface area contributed by atoms with Gasteiger partial charge in [0.25, 0.3) is 5.17 Å². The third-order valence-corrected chi connectivity index (χ3v) is 3.52. The molecule has 1 aliphatic heterocycles. The van der Waals surface area contributed by atoms with Crippen LogP contribution in [-0.4, -0.2) is 18.6 Å². The maximum Gasteiger partial charge on any atom is 0.313 e. The van der Waals surface area contributed by atoms with Crippen molar-refractivity contribution >= 4 is 29.0 Å². The van der Waals surface area contributed by atoms with E-state index < -0.39 is 0 Å². The van der Waals surface area contributed by atoms with Crippen LogP contribution in [0.25, 0.3) is 0 Å². The van der Waals surface area contributed by atoms with Crippen LogP contribution in [0.15, 0.2) is 34.3 Å². The minimum absolute atomic E-state index is 0.0390. The first-order valence-electron chi connectivity index (χ1n) is 4.11. The molecule has 1 unspecified atom stereocenters. The summed E-state index contributed by atoms with van der Waals surface area (Å²) < 4.78 is 0.0390. The van der Waals surface area contributed by atoms with Crippen molar-refractivity contribution in [3.63, 3.8) is 0 Å². The van der Waals surface area contributed by atoms with Crippen molar-refractivity contribution in [2.24, 2.45) is 10.9 Å². The van der Waals surface area contributed by atoms with Gasteiger partial charge < -0.3 is 5.84 Å². The number of amidine groups is 1. The Hall–Kier alpha value is -1.33. The van der Waals surface area contributed by atoms with Crippen molar-refractivity contribution in [2.75, 3.05) is 7.05 Å². The van der Waals surface area contributed by atoms with Gasteiger partial charge in [0.2, 0.25) is 0 Å². The van der Waals surface area contributed by atoms with Gasteiger partial charge in [-0.2, -0.15) is 4.48 Å². The van der Waals surface area contributed by atoms with Crippen LogP contribution in [0.3, 0.4) is 0 Å². The Kier molecular flexibility index (Phi) is 2.05. The lowest BCUT2D eigenvalue weighted by atomic mass is 10.3. The second-order valence-electron chi connectivity index (χ2n) is 3.16. The van der Waals surface area contributed by atoms with Gasteiger partial charge in [0.15, 0.2) is 5.69 Å². The molecule has 0 radical (unpaired) electrons. The molecule has 1 aromatic rings. The maximum atomic E-state index is 11.1. The number of carbonyl (C=O) groups excluding carboxylic acids is 1. The zero-order chi connectivity index (χ0) is 10.2. The largest absolute Gasteiger partial charge is 0.317 e. The molecule has 0 bridgehead atoms.